The van der Waals surface area contributed by atoms with Crippen molar-refractivity contribution in [3.05, 3.63) is 17.7 Å². The molecule has 0 saturated heterocycles. The van der Waals surface area contributed by atoms with Gasteiger partial charge in [0.05, 0.1) is 17.9 Å². The molecule has 5 nitrogen and oxygen atoms in total. The van der Waals surface area contributed by atoms with Crippen LogP contribution in [-0.2, 0) is 4.74 Å². The van der Waals surface area contributed by atoms with Crippen LogP contribution in [0.5, 0.6) is 11.5 Å². The van der Waals surface area contributed by atoms with Crippen LogP contribution in [0, 0.1) is 5.92 Å². The monoisotopic (exact) mass is 263 g/mol. The zero-order valence-corrected chi connectivity index (χ0v) is 10.7. The first-order valence-electron chi connectivity index (χ1n) is 6.60. The Hall–Kier alpha value is -1.91. The van der Waals surface area contributed by atoms with E-state index in [2.05, 4.69) is 0 Å². The Labute approximate surface area is 111 Å². The number of carbonyl (C=O) groups excluding carboxylic acids is 1. The highest BCUT2D eigenvalue weighted by atomic mass is 16.7. The number of fused-ring (bicyclic) bond motifs is 1. The van der Waals surface area contributed by atoms with E-state index >= 15 is 0 Å². The predicted octanol–water partition coefficient (Wildman–Crippen LogP) is 2.34. The van der Waals surface area contributed by atoms with E-state index in [1.165, 1.54) is 19.3 Å². The van der Waals surface area contributed by atoms with Gasteiger partial charge in [-0.15, -0.1) is 0 Å². The first kappa shape index (κ1) is 12.1. The summed E-state index contributed by atoms with van der Waals surface area (Å²) in [5.41, 5.74) is 6.53. The van der Waals surface area contributed by atoms with Crippen molar-refractivity contribution in [1.29, 1.82) is 0 Å². The molecule has 0 aromatic heterocycles. The molecule has 1 fully saturated rings. The van der Waals surface area contributed by atoms with E-state index in [9.17, 15) is 4.79 Å². The van der Waals surface area contributed by atoms with Crippen LogP contribution in [-0.4, -0.2) is 19.4 Å². The lowest BCUT2D eigenvalue weighted by Crippen LogP contribution is -2.16. The van der Waals surface area contributed by atoms with E-state index in [1.54, 1.807) is 12.1 Å². The van der Waals surface area contributed by atoms with Crippen molar-refractivity contribution in [2.75, 3.05) is 19.1 Å². The van der Waals surface area contributed by atoms with Crippen LogP contribution in [0.15, 0.2) is 12.1 Å². The summed E-state index contributed by atoms with van der Waals surface area (Å²) in [7, 11) is 0. The van der Waals surface area contributed by atoms with Crippen LogP contribution in [0.25, 0.3) is 0 Å². The van der Waals surface area contributed by atoms with Gasteiger partial charge in [-0.2, -0.15) is 0 Å². The Morgan fingerprint density at radius 3 is 2.74 bits per heavy atom. The number of benzene rings is 1. The lowest BCUT2D eigenvalue weighted by atomic mass is 9.83. The average molecular weight is 263 g/mol. The van der Waals surface area contributed by atoms with Crippen LogP contribution < -0.4 is 15.2 Å². The fraction of sp³-hybridized carbons (Fsp3) is 0.500. The van der Waals surface area contributed by atoms with E-state index in [0.29, 0.717) is 29.4 Å². The molecule has 0 unspecified atom stereocenters. The minimum Gasteiger partial charge on any atom is -0.462 e. The van der Waals surface area contributed by atoms with Crippen LogP contribution in [0.2, 0.25) is 0 Å². The summed E-state index contributed by atoms with van der Waals surface area (Å²) in [5, 5.41) is 0. The fourth-order valence-corrected chi connectivity index (χ4v) is 2.31. The fourth-order valence-electron chi connectivity index (χ4n) is 2.31. The maximum absolute atomic E-state index is 12.0. The number of nitrogens with two attached hydrogens (primary N) is 1. The Morgan fingerprint density at radius 1 is 1.32 bits per heavy atom. The van der Waals surface area contributed by atoms with Crippen molar-refractivity contribution in [2.45, 2.75) is 25.7 Å². The van der Waals surface area contributed by atoms with Crippen LogP contribution in [0.3, 0.4) is 0 Å². The molecule has 2 N–H and O–H groups in total. The highest BCUT2D eigenvalue weighted by molar-refractivity contribution is 5.96. The third-order valence-corrected chi connectivity index (χ3v) is 3.75. The molecular weight excluding hydrogens is 246 g/mol. The lowest BCUT2D eigenvalue weighted by molar-refractivity contribution is 0.0465. The van der Waals surface area contributed by atoms with E-state index in [4.69, 9.17) is 19.9 Å². The standard InChI is InChI=1S/C14H17NO4/c15-11-7-13-12(18-8-19-13)6-10(11)14(16)17-5-4-9-2-1-3-9/h6-7,9H,1-5,8,15H2. The maximum atomic E-state index is 12.0. The lowest BCUT2D eigenvalue weighted by Gasteiger charge is -2.24. The van der Waals surface area contributed by atoms with Crippen molar-refractivity contribution in [3.63, 3.8) is 0 Å². The van der Waals surface area contributed by atoms with E-state index in [0.717, 1.165) is 12.3 Å². The molecule has 1 aliphatic heterocycles. The van der Waals surface area contributed by atoms with Gasteiger partial charge in [-0.1, -0.05) is 19.3 Å². The Morgan fingerprint density at radius 2 is 2.05 bits per heavy atom. The van der Waals surface area contributed by atoms with Gasteiger partial charge in [0.1, 0.15) is 0 Å². The van der Waals surface area contributed by atoms with Gasteiger partial charge >= 0.3 is 5.97 Å². The van der Waals surface area contributed by atoms with Gasteiger partial charge in [0.15, 0.2) is 11.5 Å². The molecule has 3 rings (SSSR count). The minimum absolute atomic E-state index is 0.162. The van der Waals surface area contributed by atoms with E-state index in [-0.39, 0.29) is 6.79 Å². The summed E-state index contributed by atoms with van der Waals surface area (Å²) in [4.78, 5) is 12.0. The van der Waals surface area contributed by atoms with Crippen molar-refractivity contribution in [3.8, 4) is 11.5 Å². The van der Waals surface area contributed by atoms with Crippen molar-refractivity contribution in [1.82, 2.24) is 0 Å². The molecule has 0 atom stereocenters. The molecule has 0 bridgehead atoms. The second-order valence-electron chi connectivity index (χ2n) is 5.01. The number of esters is 1. The zero-order chi connectivity index (χ0) is 13.2. The summed E-state index contributed by atoms with van der Waals surface area (Å²) in [5.74, 6) is 1.45. The topological polar surface area (TPSA) is 70.8 Å². The second kappa shape index (κ2) is 4.99. The first-order chi connectivity index (χ1) is 9.24. The molecule has 0 spiro atoms. The minimum atomic E-state index is -0.393. The van der Waals surface area contributed by atoms with Gasteiger partial charge in [0.25, 0.3) is 0 Å². The average Bonchev–Trinajstić information content (AvgIpc) is 2.78. The van der Waals surface area contributed by atoms with Gasteiger partial charge in [-0.05, 0) is 12.3 Å². The molecule has 19 heavy (non-hydrogen) atoms. The Bertz CT molecular complexity index is 496. The number of hydrogen-bond donors (Lipinski definition) is 1. The van der Waals surface area contributed by atoms with E-state index < -0.39 is 5.97 Å². The molecule has 1 heterocycles. The van der Waals surface area contributed by atoms with Gasteiger partial charge in [-0.3, -0.25) is 0 Å². The van der Waals surface area contributed by atoms with Gasteiger partial charge < -0.3 is 19.9 Å². The van der Waals surface area contributed by atoms with Crippen molar-refractivity contribution in [2.24, 2.45) is 5.92 Å². The molecule has 1 aromatic carbocycles. The number of nitrogen functional groups attached to an aromatic ring is 1. The molecular formula is C14H17NO4. The molecule has 0 amide bonds. The Kier molecular flexibility index (Phi) is 3.19. The second-order valence-corrected chi connectivity index (χ2v) is 5.01. The number of rotatable bonds is 4. The highest BCUT2D eigenvalue weighted by Crippen LogP contribution is 2.36. The Balaban J connectivity index is 1.62. The van der Waals surface area contributed by atoms with E-state index in [1.807, 2.05) is 0 Å². The van der Waals surface area contributed by atoms with Gasteiger partial charge in [-0.25, -0.2) is 4.79 Å². The van der Waals surface area contributed by atoms with Crippen LogP contribution in [0.4, 0.5) is 5.69 Å². The summed E-state index contributed by atoms with van der Waals surface area (Å²) >= 11 is 0. The maximum Gasteiger partial charge on any atom is 0.340 e. The van der Waals surface area contributed by atoms with Crippen LogP contribution >= 0.6 is 0 Å². The third-order valence-electron chi connectivity index (χ3n) is 3.75. The molecule has 1 aromatic rings. The predicted molar refractivity (Wildman–Crippen MR) is 69.2 cm³/mol. The quantitative estimate of drug-likeness (QED) is 0.667. The summed E-state index contributed by atoms with van der Waals surface area (Å²) in [6, 6.07) is 3.19. The number of ether oxygens (including phenoxy) is 3. The molecule has 1 aliphatic carbocycles. The van der Waals surface area contributed by atoms with Gasteiger partial charge in [0, 0.05) is 12.1 Å². The molecule has 0 radical (unpaired) electrons. The zero-order valence-electron chi connectivity index (χ0n) is 10.7. The molecule has 1 saturated carbocycles. The third kappa shape index (κ3) is 2.45. The summed E-state index contributed by atoms with van der Waals surface area (Å²) in [6.45, 7) is 0.617. The SMILES string of the molecule is Nc1cc2c(cc1C(=O)OCCC1CCC1)OCO2. The van der Waals surface area contributed by atoms with Gasteiger partial charge in [0.2, 0.25) is 6.79 Å². The summed E-state index contributed by atoms with van der Waals surface area (Å²) < 4.78 is 15.7. The molecule has 5 heteroatoms. The normalized spacial score (nSPS) is 17.1. The highest BCUT2D eigenvalue weighted by Gasteiger charge is 2.21. The largest absolute Gasteiger partial charge is 0.462 e. The van der Waals surface area contributed by atoms with Crippen molar-refractivity contribution < 1.29 is 19.0 Å². The number of carbonyl (C=O) groups is 1. The van der Waals surface area contributed by atoms with Crippen LogP contribution in [0.1, 0.15) is 36.0 Å². The molecule has 102 valence electrons. The van der Waals surface area contributed by atoms with Crippen molar-refractivity contribution >= 4 is 11.7 Å². The number of hydrogen-bond acceptors (Lipinski definition) is 5. The smallest absolute Gasteiger partial charge is 0.340 e. The number of anilines is 1. The first-order valence-corrected chi connectivity index (χ1v) is 6.60. The molecule has 2 aliphatic rings. The summed E-state index contributed by atoms with van der Waals surface area (Å²) in [6.07, 6.45) is 4.75.